The Kier molecular flexibility index (Phi) is 8.49. The third kappa shape index (κ3) is 6.42. The Morgan fingerprint density at radius 1 is 1.27 bits per heavy atom. The molecule has 0 spiro atoms. The number of nitrogens with one attached hydrogen (secondary N) is 2. The molecule has 2 aromatic rings. The molecule has 1 heterocycles. The molecule has 120 valence electrons. The molecule has 1 aromatic heterocycles. The Morgan fingerprint density at radius 3 is 2.77 bits per heavy atom. The van der Waals surface area contributed by atoms with Crippen LogP contribution in [0.4, 0.5) is 4.39 Å². The first-order valence-electron chi connectivity index (χ1n) is 6.94. The number of nitrogens with zero attached hydrogens (tertiary/aromatic N) is 3. The van der Waals surface area contributed by atoms with Gasteiger partial charge in [-0.2, -0.15) is 5.10 Å². The summed E-state index contributed by atoms with van der Waals surface area (Å²) in [5.41, 5.74) is 0.967. The maximum Gasteiger partial charge on any atom is 0.191 e. The van der Waals surface area contributed by atoms with Gasteiger partial charge in [-0.1, -0.05) is 12.1 Å². The smallest absolute Gasteiger partial charge is 0.191 e. The number of hydrogen-bond acceptors (Lipinski definition) is 2. The van der Waals surface area contributed by atoms with E-state index in [4.69, 9.17) is 0 Å². The van der Waals surface area contributed by atoms with Gasteiger partial charge in [0.05, 0.1) is 6.54 Å². The van der Waals surface area contributed by atoms with Gasteiger partial charge in [0.1, 0.15) is 5.82 Å². The zero-order valence-corrected chi connectivity index (χ0v) is 14.8. The van der Waals surface area contributed by atoms with E-state index in [9.17, 15) is 4.39 Å². The molecule has 0 radical (unpaired) electrons. The molecule has 1 aromatic carbocycles. The molecule has 0 unspecified atom stereocenters. The minimum Gasteiger partial charge on any atom is -0.356 e. The molecular weight excluding hydrogens is 396 g/mol. The number of rotatable bonds is 6. The van der Waals surface area contributed by atoms with Crippen LogP contribution >= 0.6 is 24.0 Å². The van der Waals surface area contributed by atoms with Crippen LogP contribution in [0.15, 0.2) is 47.7 Å². The first-order chi connectivity index (χ1) is 10.3. The number of hydrogen-bond donors (Lipinski definition) is 2. The fourth-order valence-corrected chi connectivity index (χ4v) is 1.96. The molecule has 7 heteroatoms. The van der Waals surface area contributed by atoms with E-state index in [1.165, 1.54) is 6.07 Å². The van der Waals surface area contributed by atoms with Crippen LogP contribution in [-0.4, -0.2) is 35.9 Å². The highest BCUT2D eigenvalue weighted by Crippen LogP contribution is 2.03. The highest BCUT2D eigenvalue weighted by atomic mass is 127. The van der Waals surface area contributed by atoms with Gasteiger partial charge >= 0.3 is 0 Å². The Labute approximate surface area is 147 Å². The first-order valence-corrected chi connectivity index (χ1v) is 6.94. The molecule has 0 aliphatic rings. The van der Waals surface area contributed by atoms with Crippen LogP contribution in [-0.2, 0) is 13.0 Å². The second kappa shape index (κ2) is 10.1. The van der Waals surface area contributed by atoms with E-state index in [0.29, 0.717) is 6.54 Å². The van der Waals surface area contributed by atoms with Crippen molar-refractivity contribution in [3.8, 4) is 0 Å². The van der Waals surface area contributed by atoms with Gasteiger partial charge in [-0.25, -0.2) is 4.39 Å². The van der Waals surface area contributed by atoms with Crippen LogP contribution in [0.5, 0.6) is 0 Å². The SMILES string of the molecule is CN=C(NCCc1cccc(F)c1)NCCn1cccn1.I. The lowest BCUT2D eigenvalue weighted by molar-refractivity contribution is 0.597. The molecular formula is C15H21FIN5. The predicted octanol–water partition coefficient (Wildman–Crippen LogP) is 2.05. The van der Waals surface area contributed by atoms with Crippen molar-refractivity contribution >= 4 is 29.9 Å². The predicted molar refractivity (Wildman–Crippen MR) is 97.1 cm³/mol. The van der Waals surface area contributed by atoms with Gasteiger partial charge < -0.3 is 10.6 Å². The number of aliphatic imine (C=N–C) groups is 1. The van der Waals surface area contributed by atoms with Gasteiger partial charge in [0, 0.05) is 32.5 Å². The molecule has 0 bridgehead atoms. The number of aromatic nitrogens is 2. The van der Waals surface area contributed by atoms with Crippen LogP contribution in [0.3, 0.4) is 0 Å². The largest absolute Gasteiger partial charge is 0.356 e. The molecule has 0 amide bonds. The van der Waals surface area contributed by atoms with Crippen molar-refractivity contribution < 1.29 is 4.39 Å². The summed E-state index contributed by atoms with van der Waals surface area (Å²) in [7, 11) is 1.73. The van der Waals surface area contributed by atoms with Crippen LogP contribution in [0.1, 0.15) is 5.56 Å². The van der Waals surface area contributed by atoms with Crippen LogP contribution < -0.4 is 10.6 Å². The highest BCUT2D eigenvalue weighted by molar-refractivity contribution is 14.0. The van der Waals surface area contributed by atoms with Crippen LogP contribution in [0.25, 0.3) is 0 Å². The van der Waals surface area contributed by atoms with Crippen molar-refractivity contribution in [2.24, 2.45) is 4.99 Å². The van der Waals surface area contributed by atoms with Crippen molar-refractivity contribution in [2.75, 3.05) is 20.1 Å². The van der Waals surface area contributed by atoms with Crippen molar-refractivity contribution in [3.05, 3.63) is 54.1 Å². The lowest BCUT2D eigenvalue weighted by Crippen LogP contribution is -2.39. The van der Waals surface area contributed by atoms with Crippen molar-refractivity contribution in [2.45, 2.75) is 13.0 Å². The minimum absolute atomic E-state index is 0. The van der Waals surface area contributed by atoms with Crippen molar-refractivity contribution in [1.29, 1.82) is 0 Å². The molecule has 0 saturated heterocycles. The van der Waals surface area contributed by atoms with Gasteiger partial charge in [0.2, 0.25) is 0 Å². The van der Waals surface area contributed by atoms with Gasteiger partial charge in [0.15, 0.2) is 5.96 Å². The lowest BCUT2D eigenvalue weighted by Gasteiger charge is -2.12. The van der Waals surface area contributed by atoms with Gasteiger partial charge in [-0.05, 0) is 30.2 Å². The maximum absolute atomic E-state index is 13.1. The second-order valence-electron chi connectivity index (χ2n) is 4.57. The molecule has 2 rings (SSSR count). The second-order valence-corrected chi connectivity index (χ2v) is 4.57. The molecule has 0 atom stereocenters. The maximum atomic E-state index is 13.1. The monoisotopic (exact) mass is 417 g/mol. The van der Waals surface area contributed by atoms with Crippen LogP contribution in [0.2, 0.25) is 0 Å². The van der Waals surface area contributed by atoms with Gasteiger partial charge in [-0.15, -0.1) is 24.0 Å². The molecule has 22 heavy (non-hydrogen) atoms. The summed E-state index contributed by atoms with van der Waals surface area (Å²) in [4.78, 5) is 4.15. The quantitative estimate of drug-likeness (QED) is 0.430. The van der Waals surface area contributed by atoms with Gasteiger partial charge in [0.25, 0.3) is 0 Å². The first kappa shape index (κ1) is 18.4. The van der Waals surface area contributed by atoms with E-state index in [-0.39, 0.29) is 29.8 Å². The Bertz CT molecular complexity index is 571. The number of halogens is 2. The van der Waals surface area contributed by atoms with E-state index in [2.05, 4.69) is 20.7 Å². The molecule has 5 nitrogen and oxygen atoms in total. The summed E-state index contributed by atoms with van der Waals surface area (Å²) < 4.78 is 14.9. The van der Waals surface area contributed by atoms with Crippen LogP contribution in [0, 0.1) is 5.82 Å². The van der Waals surface area contributed by atoms with Crippen molar-refractivity contribution in [3.63, 3.8) is 0 Å². The summed E-state index contributed by atoms with van der Waals surface area (Å²) in [6.45, 7) is 2.21. The van der Waals surface area contributed by atoms with Crippen molar-refractivity contribution in [1.82, 2.24) is 20.4 Å². The highest BCUT2D eigenvalue weighted by Gasteiger charge is 1.99. The van der Waals surface area contributed by atoms with E-state index < -0.39 is 0 Å². The third-order valence-electron chi connectivity index (χ3n) is 3.01. The Hall–Kier alpha value is -1.64. The number of benzene rings is 1. The summed E-state index contributed by atoms with van der Waals surface area (Å²) in [6.07, 6.45) is 4.42. The Morgan fingerprint density at radius 2 is 2.09 bits per heavy atom. The molecule has 0 saturated carbocycles. The minimum atomic E-state index is -0.200. The third-order valence-corrected chi connectivity index (χ3v) is 3.01. The molecule has 0 aliphatic carbocycles. The average Bonchev–Trinajstić information content (AvgIpc) is 2.99. The summed E-state index contributed by atoms with van der Waals surface area (Å²) in [5, 5.41) is 10.5. The molecule has 0 fully saturated rings. The normalized spacial score (nSPS) is 10.9. The Balaban J connectivity index is 0.00000242. The fraction of sp³-hybridized carbons (Fsp3) is 0.333. The lowest BCUT2D eigenvalue weighted by atomic mass is 10.1. The topological polar surface area (TPSA) is 54.2 Å². The van der Waals surface area contributed by atoms with E-state index >= 15 is 0 Å². The summed E-state index contributed by atoms with van der Waals surface area (Å²) >= 11 is 0. The van der Waals surface area contributed by atoms with Gasteiger partial charge in [-0.3, -0.25) is 9.67 Å². The fourth-order valence-electron chi connectivity index (χ4n) is 1.96. The van der Waals surface area contributed by atoms with E-state index in [1.807, 2.05) is 23.0 Å². The van der Waals surface area contributed by atoms with E-state index in [1.54, 1.807) is 25.4 Å². The standard InChI is InChI=1S/C15H20FN5.HI/c1-17-15(19-9-11-21-10-3-7-20-21)18-8-6-13-4-2-5-14(16)12-13;/h2-5,7,10,12H,6,8-9,11H2,1H3,(H2,17,18,19);1H. The van der Waals surface area contributed by atoms with E-state index in [0.717, 1.165) is 31.0 Å². The molecule has 2 N–H and O–H groups in total. The molecule has 0 aliphatic heterocycles. The summed E-state index contributed by atoms with van der Waals surface area (Å²) in [6, 6.07) is 8.54. The zero-order chi connectivity index (χ0) is 14.9. The summed E-state index contributed by atoms with van der Waals surface area (Å²) in [5.74, 6) is 0.535. The average molecular weight is 417 g/mol. The number of guanidine groups is 1. The zero-order valence-electron chi connectivity index (χ0n) is 12.5.